The highest BCUT2D eigenvalue weighted by atomic mass is 32.1. The Morgan fingerprint density at radius 2 is 0.812 bits per heavy atom. The van der Waals surface area contributed by atoms with Gasteiger partial charge in [-0.25, -0.2) is 0 Å². The molecule has 0 saturated carbocycles. The minimum atomic E-state index is -2.67. The summed E-state index contributed by atoms with van der Waals surface area (Å²) in [6.07, 6.45) is 0. The lowest BCUT2D eigenvalue weighted by atomic mass is 10.0. The molecule has 0 aliphatic heterocycles. The van der Waals surface area contributed by atoms with E-state index in [1.807, 2.05) is 11.3 Å². The predicted octanol–water partition coefficient (Wildman–Crippen LogP) is 13.3. The summed E-state index contributed by atoms with van der Waals surface area (Å²) < 4.78 is 7.63. The number of thiophene rings is 1. The first-order chi connectivity index (χ1) is 31.8. The van der Waals surface area contributed by atoms with E-state index in [9.17, 15) is 0 Å². The molecule has 13 aromatic rings. The first-order valence-corrected chi connectivity index (χ1v) is 24.8. The summed E-state index contributed by atoms with van der Waals surface area (Å²) in [5.41, 5.74) is 9.62. The highest BCUT2D eigenvalue weighted by molar-refractivity contribution is 7.26. The lowest BCUT2D eigenvalue weighted by molar-refractivity contribution is 1.17. The van der Waals surface area contributed by atoms with Gasteiger partial charge in [0, 0.05) is 53.1 Å². The van der Waals surface area contributed by atoms with Crippen LogP contribution in [0.3, 0.4) is 0 Å². The van der Waals surface area contributed by atoms with Gasteiger partial charge in [0.2, 0.25) is 0 Å². The summed E-state index contributed by atoms with van der Waals surface area (Å²) in [4.78, 5) is 0. The normalized spacial score (nSPS) is 12.1. The molecule has 0 fully saturated rings. The smallest absolute Gasteiger partial charge is 0.179 e. The average molecular weight is 849 g/mol. The fraction of sp³-hybridized carbons (Fsp3) is 0. The maximum absolute atomic E-state index is 2.67. The van der Waals surface area contributed by atoms with E-state index in [4.69, 9.17) is 0 Å². The van der Waals surface area contributed by atoms with Gasteiger partial charge in [-0.3, -0.25) is 0 Å². The minimum absolute atomic E-state index is 1.15. The summed E-state index contributed by atoms with van der Waals surface area (Å²) in [6, 6.07) is 90.3. The molecule has 0 unspecified atom stereocenters. The van der Waals surface area contributed by atoms with Crippen LogP contribution >= 0.6 is 11.3 Å². The van der Waals surface area contributed by atoms with Crippen molar-refractivity contribution in [2.24, 2.45) is 0 Å². The third-order valence-electron chi connectivity index (χ3n) is 13.5. The predicted molar refractivity (Wildman–Crippen MR) is 277 cm³/mol. The molecule has 0 saturated heterocycles. The molecule has 3 heterocycles. The van der Waals surface area contributed by atoms with Crippen LogP contribution in [0.15, 0.2) is 243 Å². The zero-order chi connectivity index (χ0) is 42.2. The summed E-state index contributed by atoms with van der Waals surface area (Å²) in [5.74, 6) is 0. The Morgan fingerprint density at radius 3 is 1.47 bits per heavy atom. The number of hydrogen-bond acceptors (Lipinski definition) is 1. The number of aromatic nitrogens is 2. The molecule has 3 aromatic heterocycles. The quantitative estimate of drug-likeness (QED) is 0.112. The molecule has 0 N–H and O–H groups in total. The van der Waals surface area contributed by atoms with Crippen molar-refractivity contribution in [3.63, 3.8) is 0 Å². The van der Waals surface area contributed by atoms with Crippen LogP contribution in [0.1, 0.15) is 0 Å². The number of fused-ring (bicyclic) bond motifs is 10. The van der Waals surface area contributed by atoms with Gasteiger partial charge in [-0.15, -0.1) is 11.3 Å². The third-order valence-corrected chi connectivity index (χ3v) is 19.5. The highest BCUT2D eigenvalue weighted by Crippen LogP contribution is 2.43. The van der Waals surface area contributed by atoms with E-state index in [1.54, 1.807) is 0 Å². The number of benzene rings is 10. The van der Waals surface area contributed by atoms with Gasteiger partial charge in [-0.1, -0.05) is 194 Å². The van der Waals surface area contributed by atoms with Gasteiger partial charge < -0.3 is 9.13 Å². The maximum Gasteiger partial charge on any atom is 0.179 e. The first-order valence-electron chi connectivity index (χ1n) is 22.0. The molecular weight excluding hydrogens is 809 g/mol. The van der Waals surface area contributed by atoms with E-state index in [0.717, 1.165) is 11.4 Å². The second-order valence-electron chi connectivity index (χ2n) is 16.8. The Balaban J connectivity index is 1.01. The largest absolute Gasteiger partial charge is 0.309 e. The van der Waals surface area contributed by atoms with E-state index in [0.29, 0.717) is 0 Å². The SMILES string of the molecule is c1ccc([Si](c2ccccc2)(c2ccccc2)c2ccc(-n3c4ccccc4c4c3ccc3c5ccccc5n(-c5ccc(-c6cccc7c6sc6ccccc67)cc5)c34)cc2)cc1. The van der Waals surface area contributed by atoms with Crippen LogP contribution in [0, 0.1) is 0 Å². The fourth-order valence-electron chi connectivity index (χ4n) is 10.7. The Bertz CT molecular complexity index is 3770. The molecule has 300 valence electrons. The minimum Gasteiger partial charge on any atom is -0.309 e. The summed E-state index contributed by atoms with van der Waals surface area (Å²) in [7, 11) is -2.67. The van der Waals surface area contributed by atoms with Crippen molar-refractivity contribution < 1.29 is 0 Å². The van der Waals surface area contributed by atoms with Gasteiger partial charge in [0.1, 0.15) is 0 Å². The number of rotatable bonds is 7. The maximum atomic E-state index is 2.50. The third kappa shape index (κ3) is 5.43. The van der Waals surface area contributed by atoms with Crippen molar-refractivity contribution in [1.29, 1.82) is 0 Å². The molecule has 0 amide bonds. The lowest BCUT2D eigenvalue weighted by Gasteiger charge is -2.34. The standard InChI is InChI=1S/C60H40N2SSi/c1-4-17-44(18-5-1)64(45-19-6-2-7-20-45,46-21-8-3-9-22-46)47-37-35-42(36-38-47)61-55-29-14-11-25-53(55)58-56(61)40-39-51-49-23-10-13-28-54(49)62(59(51)58)43-33-31-41(32-34-43)48-26-16-27-52-50-24-12-15-30-57(50)63-60(48)52/h1-40H. The molecule has 0 aliphatic rings. The Morgan fingerprint density at radius 1 is 0.312 bits per heavy atom. The molecule has 0 atom stereocenters. The molecule has 2 nitrogen and oxygen atoms in total. The summed E-state index contributed by atoms with van der Waals surface area (Å²) in [6.45, 7) is 0. The molecular formula is C60H40N2SSi. The molecule has 0 radical (unpaired) electrons. The zero-order valence-electron chi connectivity index (χ0n) is 34.9. The summed E-state index contributed by atoms with van der Waals surface area (Å²) >= 11 is 1.88. The van der Waals surface area contributed by atoms with Gasteiger partial charge in [0.25, 0.3) is 0 Å². The van der Waals surface area contributed by atoms with Crippen LogP contribution in [0.4, 0.5) is 0 Å². The molecule has 0 aliphatic carbocycles. The van der Waals surface area contributed by atoms with Crippen LogP contribution < -0.4 is 20.7 Å². The van der Waals surface area contributed by atoms with Crippen LogP contribution in [-0.4, -0.2) is 17.2 Å². The van der Waals surface area contributed by atoms with Crippen molar-refractivity contribution in [2.45, 2.75) is 0 Å². The second-order valence-corrected chi connectivity index (χ2v) is 21.6. The van der Waals surface area contributed by atoms with Crippen LogP contribution in [0.2, 0.25) is 0 Å². The molecule has 13 rings (SSSR count). The highest BCUT2D eigenvalue weighted by Gasteiger charge is 2.41. The van der Waals surface area contributed by atoms with Gasteiger partial charge in [-0.2, -0.15) is 0 Å². The number of hydrogen-bond donors (Lipinski definition) is 0. The molecule has 0 spiro atoms. The van der Waals surface area contributed by atoms with Gasteiger partial charge in [0.05, 0.1) is 22.1 Å². The van der Waals surface area contributed by atoms with Gasteiger partial charge in [0.15, 0.2) is 8.07 Å². The Kier molecular flexibility index (Phi) is 8.45. The summed E-state index contributed by atoms with van der Waals surface area (Å²) in [5, 5.41) is 13.1. The molecule has 4 heteroatoms. The van der Waals surface area contributed by atoms with E-state index in [2.05, 4.69) is 252 Å². The Hall–Kier alpha value is -7.76. The van der Waals surface area contributed by atoms with Crippen molar-refractivity contribution in [3.8, 4) is 22.5 Å². The van der Waals surface area contributed by atoms with Crippen molar-refractivity contribution >= 4 is 104 Å². The molecule has 0 bridgehead atoms. The fourth-order valence-corrected chi connectivity index (χ4v) is 16.7. The Labute approximate surface area is 376 Å². The first kappa shape index (κ1) is 36.9. The van der Waals surface area contributed by atoms with E-state index in [-0.39, 0.29) is 0 Å². The lowest BCUT2D eigenvalue weighted by Crippen LogP contribution is -2.74. The number of nitrogens with zero attached hydrogens (tertiary/aromatic N) is 2. The monoisotopic (exact) mass is 848 g/mol. The van der Waals surface area contributed by atoms with Crippen molar-refractivity contribution in [1.82, 2.24) is 9.13 Å². The van der Waals surface area contributed by atoms with Crippen LogP contribution in [-0.2, 0) is 0 Å². The zero-order valence-corrected chi connectivity index (χ0v) is 36.7. The van der Waals surface area contributed by atoms with Crippen LogP contribution in [0.5, 0.6) is 0 Å². The van der Waals surface area contributed by atoms with Gasteiger partial charge >= 0.3 is 0 Å². The van der Waals surface area contributed by atoms with Crippen molar-refractivity contribution in [2.75, 3.05) is 0 Å². The number of para-hydroxylation sites is 2. The van der Waals surface area contributed by atoms with E-state index in [1.165, 1.54) is 95.7 Å². The van der Waals surface area contributed by atoms with E-state index < -0.39 is 8.07 Å². The van der Waals surface area contributed by atoms with E-state index >= 15 is 0 Å². The second kappa shape index (κ2) is 14.7. The van der Waals surface area contributed by atoms with Crippen LogP contribution in [0.25, 0.3) is 86.3 Å². The average Bonchev–Trinajstić information content (AvgIpc) is 4.04. The molecule has 64 heavy (non-hydrogen) atoms. The van der Waals surface area contributed by atoms with Gasteiger partial charge in [-0.05, 0) is 80.4 Å². The van der Waals surface area contributed by atoms with Crippen molar-refractivity contribution in [3.05, 3.63) is 243 Å². The topological polar surface area (TPSA) is 9.86 Å². The molecule has 10 aromatic carbocycles.